The third kappa shape index (κ3) is 5.64. The maximum absolute atomic E-state index is 4.02. The molecule has 2 rings (SSSR count). The van der Waals surface area contributed by atoms with Crippen LogP contribution in [-0.4, -0.2) is 33.9 Å². The van der Waals surface area contributed by atoms with Gasteiger partial charge in [0.2, 0.25) is 0 Å². The van der Waals surface area contributed by atoms with Gasteiger partial charge in [-0.3, -0.25) is 9.96 Å². The van der Waals surface area contributed by atoms with E-state index in [9.17, 15) is 0 Å². The molecule has 0 bridgehead atoms. The van der Waals surface area contributed by atoms with E-state index in [1.807, 2.05) is 0 Å². The highest BCUT2D eigenvalue weighted by Crippen LogP contribution is 2.20. The molecule has 124 valence electrons. The summed E-state index contributed by atoms with van der Waals surface area (Å²) in [6.45, 7) is 6.51. The lowest BCUT2D eigenvalue weighted by Gasteiger charge is -2.41. The van der Waals surface area contributed by atoms with Crippen molar-refractivity contribution in [2.24, 2.45) is 0 Å². The van der Waals surface area contributed by atoms with Crippen LogP contribution >= 0.6 is 0 Å². The van der Waals surface area contributed by atoms with E-state index in [0.717, 1.165) is 13.1 Å². The van der Waals surface area contributed by atoms with Gasteiger partial charge in [-0.15, -0.1) is 0 Å². The van der Waals surface area contributed by atoms with Crippen molar-refractivity contribution in [2.75, 3.05) is 13.1 Å². The quantitative estimate of drug-likeness (QED) is 0.520. The van der Waals surface area contributed by atoms with E-state index in [-0.39, 0.29) is 0 Å². The zero-order valence-electron chi connectivity index (χ0n) is 14.1. The van der Waals surface area contributed by atoms with Crippen molar-refractivity contribution in [3.8, 4) is 0 Å². The third-order valence-corrected chi connectivity index (χ3v) is 8.39. The van der Waals surface area contributed by atoms with Crippen molar-refractivity contribution in [3.05, 3.63) is 0 Å². The minimum atomic E-state index is -1.97. The van der Waals surface area contributed by atoms with Crippen molar-refractivity contribution in [2.45, 2.75) is 90.1 Å². The van der Waals surface area contributed by atoms with E-state index in [0.29, 0.717) is 12.1 Å². The maximum Gasteiger partial charge on any atom is 0.366 e. The first-order valence-electron chi connectivity index (χ1n) is 9.33. The first-order chi connectivity index (χ1) is 10.3. The van der Waals surface area contributed by atoms with Gasteiger partial charge in [0.25, 0.3) is 0 Å². The summed E-state index contributed by atoms with van der Waals surface area (Å²) in [6.07, 6.45) is 13.8. The van der Waals surface area contributed by atoms with Crippen LogP contribution in [0.2, 0.25) is 0 Å². The number of nitrogens with one attached hydrogen (secondary N) is 4. The summed E-state index contributed by atoms with van der Waals surface area (Å²) in [5, 5.41) is 0. The Bertz CT molecular complexity index is 247. The highest BCUT2D eigenvalue weighted by molar-refractivity contribution is 6.70. The zero-order chi connectivity index (χ0) is 15.0. The molecular weight excluding hydrogens is 276 g/mol. The minimum absolute atomic E-state index is 0.694. The molecule has 2 saturated carbocycles. The van der Waals surface area contributed by atoms with Gasteiger partial charge >= 0.3 is 8.72 Å². The number of hydrogen-bond donors (Lipinski definition) is 4. The molecule has 0 atom stereocenters. The average Bonchev–Trinajstić information content (AvgIpc) is 2.50. The highest BCUT2D eigenvalue weighted by atomic mass is 28.4. The summed E-state index contributed by atoms with van der Waals surface area (Å²) in [5.74, 6) is 0. The van der Waals surface area contributed by atoms with Crippen LogP contribution in [0.1, 0.15) is 78.1 Å². The fourth-order valence-electron chi connectivity index (χ4n) is 3.94. The van der Waals surface area contributed by atoms with Crippen LogP contribution in [0, 0.1) is 0 Å². The van der Waals surface area contributed by atoms with Crippen molar-refractivity contribution in [3.63, 3.8) is 0 Å². The number of rotatable bonds is 8. The molecule has 0 saturated heterocycles. The summed E-state index contributed by atoms with van der Waals surface area (Å²) in [4.78, 5) is 15.6. The molecule has 21 heavy (non-hydrogen) atoms. The molecule has 4 nitrogen and oxygen atoms in total. The Labute approximate surface area is 132 Å². The molecule has 5 heteroatoms. The second kappa shape index (κ2) is 9.25. The van der Waals surface area contributed by atoms with Crippen LogP contribution in [-0.2, 0) is 0 Å². The van der Waals surface area contributed by atoms with Gasteiger partial charge in [0.15, 0.2) is 0 Å². The third-order valence-electron chi connectivity index (χ3n) is 4.94. The largest absolute Gasteiger partial charge is 0.366 e. The van der Waals surface area contributed by atoms with E-state index in [4.69, 9.17) is 0 Å². The molecule has 0 unspecified atom stereocenters. The average molecular weight is 313 g/mol. The lowest BCUT2D eigenvalue weighted by atomic mass is 9.96. The Kier molecular flexibility index (Phi) is 7.67. The molecule has 2 aliphatic carbocycles. The maximum atomic E-state index is 4.02. The van der Waals surface area contributed by atoms with Crippen molar-refractivity contribution in [1.82, 2.24) is 19.9 Å². The minimum Gasteiger partial charge on any atom is -0.301 e. The first-order valence-corrected chi connectivity index (χ1v) is 11.3. The summed E-state index contributed by atoms with van der Waals surface area (Å²) in [7, 11) is -1.97. The molecule has 4 N–H and O–H groups in total. The van der Waals surface area contributed by atoms with Crippen molar-refractivity contribution < 1.29 is 0 Å². The monoisotopic (exact) mass is 312 g/mol. The highest BCUT2D eigenvalue weighted by Gasteiger charge is 2.38. The van der Waals surface area contributed by atoms with Gasteiger partial charge < -0.3 is 9.96 Å². The van der Waals surface area contributed by atoms with Crippen LogP contribution in [0.15, 0.2) is 0 Å². The Morgan fingerprint density at radius 3 is 1.38 bits per heavy atom. The van der Waals surface area contributed by atoms with Crippen LogP contribution in [0.3, 0.4) is 0 Å². The second-order valence-corrected chi connectivity index (χ2v) is 9.55. The molecule has 0 amide bonds. The van der Waals surface area contributed by atoms with Gasteiger partial charge in [0, 0.05) is 12.1 Å². The molecule has 0 aromatic carbocycles. The normalized spacial score (nSPS) is 22.6. The van der Waals surface area contributed by atoms with E-state index in [1.165, 1.54) is 64.2 Å². The van der Waals surface area contributed by atoms with Gasteiger partial charge in [-0.05, 0) is 38.8 Å². The standard InChI is InChI=1S/C16H36N4Si/c1-3-17-21(18-4-2,19-15-11-7-5-8-12-15)20-16-13-9-6-10-14-16/h15-20H,3-14H2,1-2H3. The van der Waals surface area contributed by atoms with E-state index >= 15 is 0 Å². The van der Waals surface area contributed by atoms with Crippen molar-refractivity contribution >= 4 is 8.72 Å². The second-order valence-electron chi connectivity index (χ2n) is 6.77. The fraction of sp³-hybridized carbons (Fsp3) is 1.00. The van der Waals surface area contributed by atoms with Crippen LogP contribution < -0.4 is 19.9 Å². The molecule has 0 spiro atoms. The molecule has 0 radical (unpaired) electrons. The molecular formula is C16H36N4Si. The molecule has 2 fully saturated rings. The molecule has 0 heterocycles. The first kappa shape index (κ1) is 17.4. The molecule has 0 aliphatic heterocycles. The smallest absolute Gasteiger partial charge is 0.301 e. The number of hydrogen-bond acceptors (Lipinski definition) is 4. The lowest BCUT2D eigenvalue weighted by molar-refractivity contribution is 0.380. The van der Waals surface area contributed by atoms with Gasteiger partial charge in [0.05, 0.1) is 0 Å². The summed E-state index contributed by atoms with van der Waals surface area (Å²) in [5.41, 5.74) is 0. The Morgan fingerprint density at radius 1 is 0.667 bits per heavy atom. The predicted molar refractivity (Wildman–Crippen MR) is 93.1 cm³/mol. The van der Waals surface area contributed by atoms with Crippen LogP contribution in [0.4, 0.5) is 0 Å². The van der Waals surface area contributed by atoms with Crippen molar-refractivity contribution in [1.29, 1.82) is 0 Å². The SMILES string of the molecule is CCN[Si](NCC)(NC1CCCCC1)NC1CCCCC1. The van der Waals surface area contributed by atoms with Crippen LogP contribution in [0.25, 0.3) is 0 Å². The summed E-state index contributed by atoms with van der Waals surface area (Å²) < 4.78 is 0. The summed E-state index contributed by atoms with van der Waals surface area (Å²) >= 11 is 0. The summed E-state index contributed by atoms with van der Waals surface area (Å²) in [6, 6.07) is 1.39. The Balaban J connectivity index is 1.98. The predicted octanol–water partition coefficient (Wildman–Crippen LogP) is 2.49. The van der Waals surface area contributed by atoms with E-state index < -0.39 is 8.72 Å². The van der Waals surface area contributed by atoms with Gasteiger partial charge in [-0.25, -0.2) is 0 Å². The van der Waals surface area contributed by atoms with Gasteiger partial charge in [-0.1, -0.05) is 52.4 Å². The molecule has 0 aromatic rings. The topological polar surface area (TPSA) is 48.1 Å². The Morgan fingerprint density at radius 2 is 1.05 bits per heavy atom. The Hall–Kier alpha value is 0.0569. The molecule has 2 aliphatic rings. The van der Waals surface area contributed by atoms with Crippen LogP contribution in [0.5, 0.6) is 0 Å². The molecule has 0 aromatic heterocycles. The van der Waals surface area contributed by atoms with E-state index in [2.05, 4.69) is 33.8 Å². The fourth-order valence-corrected chi connectivity index (χ4v) is 7.42. The van der Waals surface area contributed by atoms with Gasteiger partial charge in [0.1, 0.15) is 0 Å². The lowest BCUT2D eigenvalue weighted by Crippen LogP contribution is -2.83. The van der Waals surface area contributed by atoms with E-state index in [1.54, 1.807) is 0 Å². The van der Waals surface area contributed by atoms with Gasteiger partial charge in [-0.2, -0.15) is 0 Å². The zero-order valence-corrected chi connectivity index (χ0v) is 15.1.